The third-order valence-electron chi connectivity index (χ3n) is 7.05. The van der Waals surface area contributed by atoms with Gasteiger partial charge < -0.3 is 0 Å². The fraction of sp³-hybridized carbons (Fsp3) is 0.321. The lowest BCUT2D eigenvalue weighted by molar-refractivity contribution is 0.0985. The van der Waals surface area contributed by atoms with Gasteiger partial charge in [-0.2, -0.15) is 4.31 Å². The zero-order valence-electron chi connectivity index (χ0n) is 21.3. The summed E-state index contributed by atoms with van der Waals surface area (Å²) < 4.78 is 28.9. The highest BCUT2D eigenvalue weighted by Gasteiger charge is 2.29. The molecule has 10 heteroatoms. The summed E-state index contributed by atoms with van der Waals surface area (Å²) in [6, 6.07) is 13.6. The van der Waals surface area contributed by atoms with Gasteiger partial charge in [0, 0.05) is 36.1 Å². The van der Waals surface area contributed by atoms with Crippen molar-refractivity contribution < 1.29 is 13.2 Å². The molecule has 1 aliphatic rings. The first-order valence-electron chi connectivity index (χ1n) is 12.6. The number of fused-ring (bicyclic) bond motifs is 1. The number of rotatable bonds is 7. The Morgan fingerprint density at radius 1 is 1.11 bits per heavy atom. The van der Waals surface area contributed by atoms with E-state index in [4.69, 9.17) is 16.6 Å². The summed E-state index contributed by atoms with van der Waals surface area (Å²) in [5.74, 6) is -0.277. The van der Waals surface area contributed by atoms with E-state index in [2.05, 4.69) is 4.98 Å². The average molecular weight is 569 g/mol. The number of nitrogens with zero attached hydrogens (tertiary/aromatic N) is 4. The maximum Gasteiger partial charge on any atom is 0.260 e. The molecule has 1 aliphatic carbocycles. The van der Waals surface area contributed by atoms with E-state index < -0.39 is 10.0 Å². The van der Waals surface area contributed by atoms with E-state index >= 15 is 0 Å². The molecule has 7 nitrogen and oxygen atoms in total. The molecule has 1 fully saturated rings. The van der Waals surface area contributed by atoms with Crippen LogP contribution in [0.3, 0.4) is 0 Å². The third-order valence-corrected chi connectivity index (χ3v) is 10.2. The third kappa shape index (κ3) is 5.47. The Hall–Kier alpha value is -2.85. The van der Waals surface area contributed by atoms with E-state index in [9.17, 15) is 13.2 Å². The molecule has 2 aromatic carbocycles. The molecule has 0 unspecified atom stereocenters. The van der Waals surface area contributed by atoms with Crippen LogP contribution in [-0.4, -0.2) is 41.7 Å². The van der Waals surface area contributed by atoms with Crippen LogP contribution in [0, 0.1) is 6.92 Å². The van der Waals surface area contributed by atoms with Crippen molar-refractivity contribution in [2.45, 2.75) is 56.5 Å². The highest BCUT2D eigenvalue weighted by atomic mass is 35.5. The van der Waals surface area contributed by atoms with Crippen molar-refractivity contribution in [1.29, 1.82) is 0 Å². The largest absolute Gasteiger partial charge is 0.279 e. The minimum Gasteiger partial charge on any atom is -0.279 e. The molecule has 0 bridgehead atoms. The summed E-state index contributed by atoms with van der Waals surface area (Å²) in [6.45, 7) is 2.21. The molecule has 0 saturated heterocycles. The number of halogens is 1. The number of aromatic nitrogens is 2. The number of pyridine rings is 1. The molecule has 5 rings (SSSR count). The van der Waals surface area contributed by atoms with E-state index in [0.29, 0.717) is 15.7 Å². The van der Waals surface area contributed by atoms with Gasteiger partial charge in [0.05, 0.1) is 21.7 Å². The Bertz CT molecular complexity index is 1550. The number of carbonyl (C=O) groups excluding carboxylic acids is 1. The van der Waals surface area contributed by atoms with Gasteiger partial charge in [0.25, 0.3) is 5.91 Å². The normalized spacial score (nSPS) is 14.7. The number of anilines is 1. The van der Waals surface area contributed by atoms with E-state index in [1.807, 2.05) is 31.2 Å². The van der Waals surface area contributed by atoms with Gasteiger partial charge in [0.2, 0.25) is 10.0 Å². The quantitative estimate of drug-likeness (QED) is 0.256. The number of hydrogen-bond acceptors (Lipinski definition) is 6. The number of benzene rings is 2. The van der Waals surface area contributed by atoms with Crippen LogP contribution in [-0.2, 0) is 16.6 Å². The lowest BCUT2D eigenvalue weighted by Gasteiger charge is -2.30. The van der Waals surface area contributed by atoms with Gasteiger partial charge in [-0.05, 0) is 73.4 Å². The zero-order valence-corrected chi connectivity index (χ0v) is 23.7. The summed E-state index contributed by atoms with van der Waals surface area (Å²) >= 11 is 7.65. The van der Waals surface area contributed by atoms with Gasteiger partial charge in [-0.3, -0.25) is 14.7 Å². The average Bonchev–Trinajstić information content (AvgIpc) is 3.36. The molecule has 0 spiro atoms. The minimum atomic E-state index is -3.65. The van der Waals surface area contributed by atoms with Crippen molar-refractivity contribution in [2.75, 3.05) is 11.9 Å². The maximum atomic E-state index is 13.8. The van der Waals surface area contributed by atoms with Crippen molar-refractivity contribution >= 4 is 54.2 Å². The van der Waals surface area contributed by atoms with Crippen molar-refractivity contribution in [1.82, 2.24) is 14.3 Å². The number of sulfonamides is 1. The second kappa shape index (κ2) is 11.1. The molecule has 2 heterocycles. The number of aryl methyl sites for hydroxylation is 1. The summed E-state index contributed by atoms with van der Waals surface area (Å²) in [6.07, 6.45) is 8.39. The zero-order chi connectivity index (χ0) is 26.9. The maximum absolute atomic E-state index is 13.8. The molecule has 38 heavy (non-hydrogen) atoms. The van der Waals surface area contributed by atoms with Gasteiger partial charge in [-0.15, -0.1) is 0 Å². The number of amides is 1. The van der Waals surface area contributed by atoms with E-state index in [1.165, 1.54) is 27.8 Å². The second-order valence-electron chi connectivity index (χ2n) is 9.66. The van der Waals surface area contributed by atoms with Crippen molar-refractivity contribution in [3.05, 3.63) is 82.6 Å². The Balaban J connectivity index is 1.46. The first-order valence-corrected chi connectivity index (χ1v) is 15.2. The highest BCUT2D eigenvalue weighted by Crippen LogP contribution is 2.34. The topological polar surface area (TPSA) is 83.5 Å². The lowest BCUT2D eigenvalue weighted by atomic mass is 9.96. The van der Waals surface area contributed by atoms with Gasteiger partial charge in [0.1, 0.15) is 0 Å². The SMILES string of the molecule is Cc1cc(Cl)cc2sc(N(Cc3cccnc3)C(=O)c3ccc(S(=O)(=O)N(C)C4CCCCC4)cc3)nc12. The summed E-state index contributed by atoms with van der Waals surface area (Å²) in [5.41, 5.74) is 2.95. The molecule has 0 atom stereocenters. The number of thiazole rings is 1. The molecule has 1 saturated carbocycles. The Kier molecular flexibility index (Phi) is 7.81. The van der Waals surface area contributed by atoms with E-state index in [1.54, 1.807) is 36.5 Å². The van der Waals surface area contributed by atoms with Crippen molar-refractivity contribution in [2.24, 2.45) is 0 Å². The molecule has 0 radical (unpaired) electrons. The smallest absolute Gasteiger partial charge is 0.260 e. The van der Waals surface area contributed by atoms with Crippen LogP contribution < -0.4 is 4.90 Å². The summed E-state index contributed by atoms with van der Waals surface area (Å²) in [7, 11) is -2.00. The number of carbonyl (C=O) groups is 1. The van der Waals surface area contributed by atoms with Gasteiger partial charge in [-0.25, -0.2) is 13.4 Å². The van der Waals surface area contributed by atoms with E-state index in [0.717, 1.165) is 53.4 Å². The van der Waals surface area contributed by atoms with Crippen LogP contribution in [0.5, 0.6) is 0 Å². The minimum absolute atomic E-state index is 0.0148. The van der Waals surface area contributed by atoms with E-state index in [-0.39, 0.29) is 23.4 Å². The van der Waals surface area contributed by atoms with Crippen LogP contribution in [0.1, 0.15) is 53.6 Å². The Morgan fingerprint density at radius 2 is 1.84 bits per heavy atom. The summed E-state index contributed by atoms with van der Waals surface area (Å²) in [5, 5.41) is 1.15. The van der Waals surface area contributed by atoms with Crippen molar-refractivity contribution in [3.8, 4) is 0 Å². The molecule has 198 valence electrons. The Morgan fingerprint density at radius 3 is 2.53 bits per heavy atom. The van der Waals surface area contributed by atoms with Gasteiger partial charge in [0.15, 0.2) is 5.13 Å². The second-order valence-corrected chi connectivity index (χ2v) is 13.1. The van der Waals surface area contributed by atoms with Crippen LogP contribution in [0.25, 0.3) is 10.2 Å². The molecule has 0 N–H and O–H groups in total. The van der Waals surface area contributed by atoms with Crippen LogP contribution in [0.15, 0.2) is 65.8 Å². The Labute approximate surface area is 232 Å². The number of hydrogen-bond donors (Lipinski definition) is 0. The van der Waals surface area contributed by atoms with Crippen LogP contribution in [0.4, 0.5) is 5.13 Å². The fourth-order valence-corrected chi connectivity index (χ4v) is 7.72. The monoisotopic (exact) mass is 568 g/mol. The molecular formula is C28H29ClN4O3S2. The van der Waals surface area contributed by atoms with Crippen molar-refractivity contribution in [3.63, 3.8) is 0 Å². The highest BCUT2D eigenvalue weighted by molar-refractivity contribution is 7.89. The van der Waals surface area contributed by atoms with Gasteiger partial charge >= 0.3 is 0 Å². The lowest BCUT2D eigenvalue weighted by Crippen LogP contribution is -2.38. The molecule has 1 amide bonds. The standard InChI is InChI=1S/C28H29ClN4O3S2/c1-19-15-22(29)16-25-26(19)31-28(37-25)33(18-20-7-6-14-30-17-20)27(34)21-10-12-24(13-11-21)38(35,36)32(2)23-8-4-3-5-9-23/h6-7,10-17,23H,3-5,8-9,18H2,1-2H3. The first-order chi connectivity index (χ1) is 18.2. The molecular weight excluding hydrogens is 540 g/mol. The first kappa shape index (κ1) is 26.7. The van der Waals surface area contributed by atoms with Crippen LogP contribution in [0.2, 0.25) is 5.02 Å². The van der Waals surface area contributed by atoms with Crippen LogP contribution >= 0.6 is 22.9 Å². The molecule has 4 aromatic rings. The molecule has 2 aromatic heterocycles. The predicted octanol–water partition coefficient (Wildman–Crippen LogP) is 6.45. The molecule has 0 aliphatic heterocycles. The summed E-state index contributed by atoms with van der Waals surface area (Å²) in [4.78, 5) is 24.5. The fourth-order valence-electron chi connectivity index (χ4n) is 4.89. The predicted molar refractivity (Wildman–Crippen MR) is 152 cm³/mol. The van der Waals surface area contributed by atoms with Gasteiger partial charge in [-0.1, -0.05) is 48.3 Å².